The van der Waals surface area contributed by atoms with Crippen LogP contribution in [0.15, 0.2) is 84.0 Å². The van der Waals surface area contributed by atoms with E-state index in [4.69, 9.17) is 14.2 Å². The molecule has 1 heterocycles. The molecular formula is C23H20N2O4. The molecule has 0 fully saturated rings. The van der Waals surface area contributed by atoms with Gasteiger partial charge in [-0.1, -0.05) is 42.5 Å². The van der Waals surface area contributed by atoms with Gasteiger partial charge in [-0.2, -0.15) is 5.10 Å². The van der Waals surface area contributed by atoms with Gasteiger partial charge in [0.15, 0.2) is 11.5 Å². The number of fused-ring (bicyclic) bond motifs is 1. The van der Waals surface area contributed by atoms with E-state index in [1.165, 1.54) is 0 Å². The summed E-state index contributed by atoms with van der Waals surface area (Å²) in [6.45, 7) is 0.655. The topological polar surface area (TPSA) is 69.2 Å². The second-order valence-corrected chi connectivity index (χ2v) is 6.44. The Labute approximate surface area is 168 Å². The number of rotatable bonds is 6. The fourth-order valence-corrected chi connectivity index (χ4v) is 2.78. The lowest BCUT2D eigenvalue weighted by Gasteiger charge is -2.24. The van der Waals surface area contributed by atoms with Crippen molar-refractivity contribution in [2.75, 3.05) is 6.61 Å². The zero-order valence-electron chi connectivity index (χ0n) is 15.7. The number of para-hydroxylation sites is 2. The van der Waals surface area contributed by atoms with E-state index in [0.717, 1.165) is 16.9 Å². The van der Waals surface area contributed by atoms with Gasteiger partial charge in [-0.25, -0.2) is 5.43 Å². The number of hydrogen-bond acceptors (Lipinski definition) is 5. The highest BCUT2D eigenvalue weighted by Gasteiger charge is 2.26. The Bertz CT molecular complexity index is 987. The Morgan fingerprint density at radius 1 is 1.00 bits per heavy atom. The summed E-state index contributed by atoms with van der Waals surface area (Å²) < 4.78 is 16.9. The van der Waals surface area contributed by atoms with Crippen LogP contribution in [0.1, 0.15) is 11.1 Å². The predicted molar refractivity (Wildman–Crippen MR) is 109 cm³/mol. The monoisotopic (exact) mass is 388 g/mol. The summed E-state index contributed by atoms with van der Waals surface area (Å²) in [7, 11) is 0. The lowest BCUT2D eigenvalue weighted by atomic mass is 10.2. The molecule has 0 aliphatic carbocycles. The van der Waals surface area contributed by atoms with Gasteiger partial charge in [0.25, 0.3) is 5.91 Å². The highest BCUT2D eigenvalue weighted by atomic mass is 16.6. The molecule has 1 amide bonds. The molecule has 3 aromatic rings. The van der Waals surface area contributed by atoms with Gasteiger partial charge >= 0.3 is 0 Å². The largest absolute Gasteiger partial charge is 0.489 e. The summed E-state index contributed by atoms with van der Waals surface area (Å²) in [4.78, 5) is 12.2. The second-order valence-electron chi connectivity index (χ2n) is 6.44. The lowest BCUT2D eigenvalue weighted by molar-refractivity contribution is -0.130. The van der Waals surface area contributed by atoms with E-state index in [1.54, 1.807) is 18.3 Å². The molecule has 1 aliphatic rings. The van der Waals surface area contributed by atoms with Crippen molar-refractivity contribution in [2.45, 2.75) is 12.7 Å². The highest BCUT2D eigenvalue weighted by Crippen LogP contribution is 2.30. The number of nitrogens with one attached hydrogen (secondary N) is 1. The molecule has 4 rings (SSSR count). The number of hydrogen-bond donors (Lipinski definition) is 1. The third kappa shape index (κ3) is 4.93. The molecule has 0 spiro atoms. The van der Waals surface area contributed by atoms with Crippen LogP contribution in [0.25, 0.3) is 0 Å². The molecule has 0 unspecified atom stereocenters. The first-order valence-corrected chi connectivity index (χ1v) is 9.26. The van der Waals surface area contributed by atoms with E-state index in [2.05, 4.69) is 10.5 Å². The van der Waals surface area contributed by atoms with E-state index in [-0.39, 0.29) is 12.5 Å². The minimum absolute atomic E-state index is 0.145. The summed E-state index contributed by atoms with van der Waals surface area (Å²) in [6, 6.07) is 24.7. The van der Waals surface area contributed by atoms with Gasteiger partial charge in [0.05, 0.1) is 6.21 Å². The molecule has 146 valence electrons. The van der Waals surface area contributed by atoms with Crippen LogP contribution in [0.3, 0.4) is 0 Å². The minimum atomic E-state index is -0.740. The Hall–Kier alpha value is -3.80. The van der Waals surface area contributed by atoms with Crippen LogP contribution in [-0.4, -0.2) is 24.8 Å². The van der Waals surface area contributed by atoms with Crippen molar-refractivity contribution in [3.05, 3.63) is 90.0 Å². The Balaban J connectivity index is 1.26. The summed E-state index contributed by atoms with van der Waals surface area (Å²) in [5.74, 6) is 1.59. The summed E-state index contributed by atoms with van der Waals surface area (Å²) in [5, 5.41) is 4.00. The maximum absolute atomic E-state index is 12.2. The first-order chi connectivity index (χ1) is 14.3. The van der Waals surface area contributed by atoms with Crippen molar-refractivity contribution >= 4 is 12.1 Å². The normalized spacial score (nSPS) is 15.1. The number of carbonyl (C=O) groups excluding carboxylic acids is 1. The molecule has 1 atom stereocenters. The third-order valence-electron chi connectivity index (χ3n) is 4.32. The van der Waals surface area contributed by atoms with Crippen molar-refractivity contribution in [2.24, 2.45) is 5.10 Å². The number of nitrogens with zero attached hydrogens (tertiary/aromatic N) is 1. The highest BCUT2D eigenvalue weighted by molar-refractivity contribution is 5.85. The van der Waals surface area contributed by atoms with E-state index >= 15 is 0 Å². The standard InChI is InChI=1S/C23H20N2O4/c26-23(22-16-28-20-8-4-5-9-21(20)29-22)25-24-14-17-10-12-19(13-11-17)27-15-18-6-2-1-3-7-18/h1-14,22H,15-16H2,(H,25,26)/b24-14-/t22-/m0/s1. The Morgan fingerprint density at radius 3 is 2.52 bits per heavy atom. The zero-order chi connectivity index (χ0) is 19.9. The summed E-state index contributed by atoms with van der Waals surface area (Å²) in [5.41, 5.74) is 4.43. The van der Waals surface area contributed by atoms with Crippen molar-refractivity contribution in [1.82, 2.24) is 5.43 Å². The van der Waals surface area contributed by atoms with Gasteiger partial charge in [0.1, 0.15) is 19.0 Å². The molecule has 3 aromatic carbocycles. The number of amides is 1. The molecule has 0 saturated heterocycles. The summed E-state index contributed by atoms with van der Waals surface area (Å²) in [6.07, 6.45) is 0.826. The van der Waals surface area contributed by atoms with Gasteiger partial charge in [-0.3, -0.25) is 4.79 Å². The van der Waals surface area contributed by atoms with Crippen molar-refractivity contribution in [3.63, 3.8) is 0 Å². The van der Waals surface area contributed by atoms with Crippen LogP contribution in [0.2, 0.25) is 0 Å². The van der Waals surface area contributed by atoms with E-state index in [1.807, 2.05) is 66.7 Å². The molecule has 0 aromatic heterocycles. The van der Waals surface area contributed by atoms with Crippen LogP contribution >= 0.6 is 0 Å². The van der Waals surface area contributed by atoms with E-state index in [9.17, 15) is 4.79 Å². The first-order valence-electron chi connectivity index (χ1n) is 9.26. The van der Waals surface area contributed by atoms with Gasteiger partial charge < -0.3 is 14.2 Å². The second kappa shape index (κ2) is 8.93. The fourth-order valence-electron chi connectivity index (χ4n) is 2.78. The number of hydrazone groups is 1. The Morgan fingerprint density at radius 2 is 1.72 bits per heavy atom. The molecule has 29 heavy (non-hydrogen) atoms. The van der Waals surface area contributed by atoms with Crippen LogP contribution < -0.4 is 19.6 Å². The summed E-state index contributed by atoms with van der Waals surface area (Å²) >= 11 is 0. The molecular weight excluding hydrogens is 368 g/mol. The fraction of sp³-hybridized carbons (Fsp3) is 0.130. The number of benzene rings is 3. The minimum Gasteiger partial charge on any atom is -0.489 e. The lowest BCUT2D eigenvalue weighted by Crippen LogP contribution is -2.42. The van der Waals surface area contributed by atoms with Gasteiger partial charge in [0, 0.05) is 0 Å². The van der Waals surface area contributed by atoms with Gasteiger partial charge in [-0.05, 0) is 47.5 Å². The quantitative estimate of drug-likeness (QED) is 0.518. The molecule has 1 aliphatic heterocycles. The van der Waals surface area contributed by atoms with Crippen LogP contribution in [0, 0.1) is 0 Å². The van der Waals surface area contributed by atoms with Crippen molar-refractivity contribution in [3.8, 4) is 17.2 Å². The predicted octanol–water partition coefficient (Wildman–Crippen LogP) is 3.56. The molecule has 6 nitrogen and oxygen atoms in total. The molecule has 0 radical (unpaired) electrons. The first kappa shape index (κ1) is 18.6. The molecule has 0 bridgehead atoms. The average Bonchev–Trinajstić information content (AvgIpc) is 2.79. The van der Waals surface area contributed by atoms with Gasteiger partial charge in [-0.15, -0.1) is 0 Å². The van der Waals surface area contributed by atoms with Crippen molar-refractivity contribution in [1.29, 1.82) is 0 Å². The zero-order valence-corrected chi connectivity index (χ0v) is 15.7. The number of ether oxygens (including phenoxy) is 3. The van der Waals surface area contributed by atoms with E-state index in [0.29, 0.717) is 18.1 Å². The third-order valence-corrected chi connectivity index (χ3v) is 4.32. The maximum Gasteiger partial charge on any atom is 0.284 e. The molecule has 0 saturated carbocycles. The van der Waals surface area contributed by atoms with Crippen LogP contribution in [0.4, 0.5) is 0 Å². The van der Waals surface area contributed by atoms with E-state index < -0.39 is 6.10 Å². The van der Waals surface area contributed by atoms with Crippen LogP contribution in [0.5, 0.6) is 17.2 Å². The molecule has 6 heteroatoms. The van der Waals surface area contributed by atoms with Crippen LogP contribution in [-0.2, 0) is 11.4 Å². The maximum atomic E-state index is 12.2. The average molecular weight is 388 g/mol. The number of carbonyl (C=O) groups is 1. The van der Waals surface area contributed by atoms with Gasteiger partial charge in [0.2, 0.25) is 6.10 Å². The van der Waals surface area contributed by atoms with Crippen molar-refractivity contribution < 1.29 is 19.0 Å². The molecule has 1 N–H and O–H groups in total. The SMILES string of the molecule is O=C(N/N=C\c1ccc(OCc2ccccc2)cc1)[C@@H]1COc2ccccc2O1. The smallest absolute Gasteiger partial charge is 0.284 e. The Kier molecular flexibility index (Phi) is 5.71.